The first-order valence-electron chi connectivity index (χ1n) is 12.9. The molecule has 7 nitrogen and oxygen atoms in total. The molecule has 4 rings (SSSR count). The molecule has 0 radical (unpaired) electrons. The van der Waals surface area contributed by atoms with Crippen molar-refractivity contribution in [3.05, 3.63) is 75.9 Å². The van der Waals surface area contributed by atoms with Crippen LogP contribution in [0.3, 0.4) is 0 Å². The first-order valence-corrected chi connectivity index (χ1v) is 12.9. The van der Waals surface area contributed by atoms with Crippen molar-refractivity contribution < 1.29 is 9.53 Å². The first kappa shape index (κ1) is 26.3. The fourth-order valence-corrected chi connectivity index (χ4v) is 4.75. The summed E-state index contributed by atoms with van der Waals surface area (Å²) in [6, 6.07) is 10.4. The molecule has 7 heteroatoms. The number of carbonyl (C=O) groups is 1. The van der Waals surface area contributed by atoms with E-state index in [1.807, 2.05) is 24.9 Å². The summed E-state index contributed by atoms with van der Waals surface area (Å²) in [5.74, 6) is 0.516. The minimum absolute atomic E-state index is 0.00980. The van der Waals surface area contributed by atoms with Gasteiger partial charge in [-0.15, -0.1) is 0 Å². The minimum Gasteiger partial charge on any atom is -0.492 e. The Balaban J connectivity index is 1.71. The minimum atomic E-state index is 0.00980. The van der Waals surface area contributed by atoms with Crippen molar-refractivity contribution in [3.8, 4) is 22.9 Å². The Hall–Kier alpha value is -3.76. The zero-order chi connectivity index (χ0) is 26.5. The van der Waals surface area contributed by atoms with Crippen LogP contribution in [0.4, 0.5) is 0 Å². The summed E-state index contributed by atoms with van der Waals surface area (Å²) in [6.45, 7) is 11.4. The van der Waals surface area contributed by atoms with E-state index in [-0.39, 0.29) is 5.91 Å². The highest BCUT2D eigenvalue weighted by Crippen LogP contribution is 2.34. The van der Waals surface area contributed by atoms with E-state index in [9.17, 15) is 10.1 Å². The molecule has 1 aromatic carbocycles. The quantitative estimate of drug-likeness (QED) is 0.425. The van der Waals surface area contributed by atoms with Crippen LogP contribution in [0.1, 0.15) is 57.8 Å². The number of hydrogen-bond acceptors (Lipinski definition) is 6. The summed E-state index contributed by atoms with van der Waals surface area (Å²) < 4.78 is 5.62. The molecule has 37 heavy (non-hydrogen) atoms. The first-order chi connectivity index (χ1) is 17.8. The Kier molecular flexibility index (Phi) is 8.20. The molecule has 0 atom stereocenters. The third-order valence-electron chi connectivity index (χ3n) is 6.99. The molecule has 0 saturated carbocycles. The van der Waals surface area contributed by atoms with E-state index >= 15 is 0 Å². The fraction of sp³-hybridized carbons (Fsp3) is 0.400. The van der Waals surface area contributed by atoms with Crippen molar-refractivity contribution in [1.82, 2.24) is 19.8 Å². The number of amides is 1. The molecule has 0 saturated heterocycles. The lowest BCUT2D eigenvalue weighted by molar-refractivity contribution is 0.0724. The summed E-state index contributed by atoms with van der Waals surface area (Å²) in [4.78, 5) is 27.0. The van der Waals surface area contributed by atoms with Crippen LogP contribution in [-0.2, 0) is 19.4 Å². The van der Waals surface area contributed by atoms with Crippen LogP contribution < -0.4 is 4.74 Å². The van der Waals surface area contributed by atoms with Crippen LogP contribution in [0, 0.1) is 25.2 Å². The molecule has 2 aromatic heterocycles. The number of fused-ring (bicyclic) bond motifs is 1. The van der Waals surface area contributed by atoms with Gasteiger partial charge < -0.3 is 14.5 Å². The molecule has 0 fully saturated rings. The van der Waals surface area contributed by atoms with Crippen molar-refractivity contribution in [2.75, 3.05) is 33.3 Å². The second-order valence-corrected chi connectivity index (χ2v) is 9.65. The number of pyridine rings is 2. The highest BCUT2D eigenvalue weighted by molar-refractivity contribution is 5.99. The summed E-state index contributed by atoms with van der Waals surface area (Å²) in [7, 11) is 2.11. The van der Waals surface area contributed by atoms with Gasteiger partial charge in [-0.1, -0.05) is 13.0 Å². The number of ether oxygens (including phenoxy) is 1. The van der Waals surface area contributed by atoms with E-state index in [1.165, 1.54) is 6.20 Å². The van der Waals surface area contributed by atoms with Gasteiger partial charge in [0, 0.05) is 48.4 Å². The number of carbonyl (C=O) groups excluding carboxylic acids is 1. The molecule has 1 amide bonds. The van der Waals surface area contributed by atoms with E-state index < -0.39 is 0 Å². The van der Waals surface area contributed by atoms with Gasteiger partial charge in [-0.2, -0.15) is 5.26 Å². The summed E-state index contributed by atoms with van der Waals surface area (Å²) >= 11 is 0. The van der Waals surface area contributed by atoms with Gasteiger partial charge in [0.05, 0.1) is 18.8 Å². The van der Waals surface area contributed by atoms with E-state index in [4.69, 9.17) is 4.74 Å². The molecule has 3 heterocycles. The standard InChI is InChI=1S/C30H35N5O2/c1-6-34(5)10-8-22-13-27(26-12-20(3)17-32-21(26)4)25-9-11-35(30(36)28(25)14-22)19-24-15-29(37-7-2)23(16-31)18-33-24/h12-15,17-18H,6-11,19H2,1-5H3. The zero-order valence-corrected chi connectivity index (χ0v) is 22.5. The highest BCUT2D eigenvalue weighted by Gasteiger charge is 2.28. The summed E-state index contributed by atoms with van der Waals surface area (Å²) in [5.41, 5.74) is 8.39. The SMILES string of the molecule is CCOc1cc(CN2CCc3c(cc(CCN(C)CC)cc3-c3cc(C)cnc3C)C2=O)ncc1C#N. The van der Waals surface area contributed by atoms with E-state index in [2.05, 4.69) is 60.0 Å². The monoisotopic (exact) mass is 497 g/mol. The van der Waals surface area contributed by atoms with Gasteiger partial charge in [-0.3, -0.25) is 14.8 Å². The molecule has 1 aliphatic heterocycles. The lowest BCUT2D eigenvalue weighted by atomic mass is 9.86. The number of nitrogens with zero attached hydrogens (tertiary/aromatic N) is 5. The third kappa shape index (κ3) is 5.81. The number of likely N-dealkylation sites (N-methyl/N-ethyl adjacent to an activating group) is 1. The molecule has 0 aliphatic carbocycles. The smallest absolute Gasteiger partial charge is 0.254 e. The molecule has 0 spiro atoms. The van der Waals surface area contributed by atoms with Crippen LogP contribution in [0.15, 0.2) is 36.7 Å². The Morgan fingerprint density at radius 1 is 1.08 bits per heavy atom. The van der Waals surface area contributed by atoms with Crippen molar-refractivity contribution in [2.45, 2.75) is 47.1 Å². The maximum Gasteiger partial charge on any atom is 0.254 e. The number of benzene rings is 1. The van der Waals surface area contributed by atoms with E-state index in [1.54, 1.807) is 6.07 Å². The second kappa shape index (κ2) is 11.5. The predicted octanol–water partition coefficient (Wildman–Crippen LogP) is 4.72. The summed E-state index contributed by atoms with van der Waals surface area (Å²) in [6.07, 6.45) is 5.04. The van der Waals surface area contributed by atoms with Crippen LogP contribution >= 0.6 is 0 Å². The average molecular weight is 498 g/mol. The Morgan fingerprint density at radius 3 is 2.59 bits per heavy atom. The van der Waals surface area contributed by atoms with Crippen LogP contribution in [-0.4, -0.2) is 59.0 Å². The molecule has 0 N–H and O–H groups in total. The molecule has 1 aliphatic rings. The van der Waals surface area contributed by atoms with Gasteiger partial charge in [-0.05, 0) is 81.6 Å². The molecule has 192 valence electrons. The topological polar surface area (TPSA) is 82.3 Å². The molecular formula is C30H35N5O2. The second-order valence-electron chi connectivity index (χ2n) is 9.65. The number of aromatic nitrogens is 2. The lowest BCUT2D eigenvalue weighted by Crippen LogP contribution is -2.37. The zero-order valence-electron chi connectivity index (χ0n) is 22.5. The van der Waals surface area contributed by atoms with Gasteiger partial charge >= 0.3 is 0 Å². The third-order valence-corrected chi connectivity index (χ3v) is 6.99. The predicted molar refractivity (Wildman–Crippen MR) is 145 cm³/mol. The Bertz CT molecular complexity index is 1340. The van der Waals surface area contributed by atoms with Crippen LogP contribution in [0.2, 0.25) is 0 Å². The number of nitriles is 1. The van der Waals surface area contributed by atoms with Gasteiger partial charge in [-0.25, -0.2) is 0 Å². The van der Waals surface area contributed by atoms with Crippen molar-refractivity contribution in [3.63, 3.8) is 0 Å². The highest BCUT2D eigenvalue weighted by atomic mass is 16.5. The fourth-order valence-electron chi connectivity index (χ4n) is 4.75. The maximum atomic E-state index is 13.8. The Morgan fingerprint density at radius 2 is 1.86 bits per heavy atom. The van der Waals surface area contributed by atoms with Crippen LogP contribution in [0.25, 0.3) is 11.1 Å². The van der Waals surface area contributed by atoms with Crippen molar-refractivity contribution >= 4 is 5.91 Å². The molecule has 0 unspecified atom stereocenters. The maximum absolute atomic E-state index is 13.8. The van der Waals surface area contributed by atoms with Gasteiger partial charge in [0.2, 0.25) is 0 Å². The van der Waals surface area contributed by atoms with Gasteiger partial charge in [0.25, 0.3) is 5.91 Å². The molecular weight excluding hydrogens is 462 g/mol. The number of hydrogen-bond donors (Lipinski definition) is 0. The largest absolute Gasteiger partial charge is 0.492 e. The van der Waals surface area contributed by atoms with Crippen LogP contribution in [0.5, 0.6) is 5.75 Å². The Labute approximate surface area is 219 Å². The normalized spacial score (nSPS) is 13.0. The average Bonchev–Trinajstić information content (AvgIpc) is 2.90. The summed E-state index contributed by atoms with van der Waals surface area (Å²) in [5, 5.41) is 9.34. The van der Waals surface area contributed by atoms with Crippen molar-refractivity contribution in [2.24, 2.45) is 0 Å². The van der Waals surface area contributed by atoms with E-state index in [0.717, 1.165) is 65.0 Å². The van der Waals surface area contributed by atoms with Crippen molar-refractivity contribution in [1.29, 1.82) is 5.26 Å². The van der Waals surface area contributed by atoms with E-state index in [0.29, 0.717) is 36.7 Å². The molecule has 0 bridgehead atoms. The lowest BCUT2D eigenvalue weighted by Gasteiger charge is -2.31. The molecule has 3 aromatic rings. The van der Waals surface area contributed by atoms with Gasteiger partial charge in [0.1, 0.15) is 17.4 Å². The number of rotatable bonds is 9. The van der Waals surface area contributed by atoms with Gasteiger partial charge in [0.15, 0.2) is 0 Å². The number of aryl methyl sites for hydroxylation is 2.